The zero-order chi connectivity index (χ0) is 15.8. The fourth-order valence-corrected chi connectivity index (χ4v) is 3.33. The summed E-state index contributed by atoms with van der Waals surface area (Å²) in [4.78, 5) is 27.0. The SMILES string of the molecule is CC(C)C1C(=O)NC(C)(C)C(=O)N1CC1(C)CCOCC1. The molecule has 0 aliphatic carbocycles. The summed E-state index contributed by atoms with van der Waals surface area (Å²) in [6.07, 6.45) is 1.87. The number of hydrogen-bond acceptors (Lipinski definition) is 3. The summed E-state index contributed by atoms with van der Waals surface area (Å²) in [6.45, 7) is 11.9. The molecule has 0 bridgehead atoms. The number of hydrogen-bond donors (Lipinski definition) is 1. The number of nitrogens with zero attached hydrogens (tertiary/aromatic N) is 1. The largest absolute Gasteiger partial charge is 0.381 e. The van der Waals surface area contributed by atoms with Crippen molar-refractivity contribution >= 4 is 11.8 Å². The van der Waals surface area contributed by atoms with Gasteiger partial charge in [-0.05, 0) is 38.0 Å². The minimum atomic E-state index is -0.815. The van der Waals surface area contributed by atoms with Crippen LogP contribution in [0.25, 0.3) is 0 Å². The second-order valence-corrected chi connectivity index (χ2v) is 7.66. The van der Waals surface area contributed by atoms with Crippen molar-refractivity contribution in [3.05, 3.63) is 0 Å². The van der Waals surface area contributed by atoms with E-state index < -0.39 is 5.54 Å². The van der Waals surface area contributed by atoms with E-state index in [2.05, 4.69) is 12.2 Å². The molecule has 2 aliphatic rings. The normalized spacial score (nSPS) is 28.7. The molecule has 2 amide bonds. The molecule has 2 saturated heterocycles. The highest BCUT2D eigenvalue weighted by Crippen LogP contribution is 2.34. The molecular formula is C16H28N2O3. The smallest absolute Gasteiger partial charge is 0.248 e. The summed E-state index contributed by atoms with van der Waals surface area (Å²) in [5.74, 6) is 0.0901. The van der Waals surface area contributed by atoms with Crippen molar-refractivity contribution in [1.82, 2.24) is 10.2 Å². The molecule has 0 spiro atoms. The Morgan fingerprint density at radius 3 is 2.33 bits per heavy atom. The lowest BCUT2D eigenvalue weighted by Crippen LogP contribution is -2.70. The zero-order valence-electron chi connectivity index (χ0n) is 13.9. The Morgan fingerprint density at radius 2 is 1.81 bits per heavy atom. The molecule has 2 aliphatic heterocycles. The van der Waals surface area contributed by atoms with Crippen LogP contribution in [0.5, 0.6) is 0 Å². The van der Waals surface area contributed by atoms with Crippen molar-refractivity contribution in [1.29, 1.82) is 0 Å². The predicted molar refractivity (Wildman–Crippen MR) is 80.7 cm³/mol. The van der Waals surface area contributed by atoms with E-state index in [4.69, 9.17) is 4.74 Å². The minimum absolute atomic E-state index is 0.0218. The lowest BCUT2D eigenvalue weighted by atomic mass is 9.80. The Kier molecular flexibility index (Phi) is 4.34. The molecule has 21 heavy (non-hydrogen) atoms. The van der Waals surface area contributed by atoms with Crippen molar-refractivity contribution in [3.63, 3.8) is 0 Å². The van der Waals surface area contributed by atoms with Gasteiger partial charge in [-0.1, -0.05) is 20.8 Å². The van der Waals surface area contributed by atoms with Gasteiger partial charge < -0.3 is 15.0 Å². The molecule has 5 heteroatoms. The zero-order valence-corrected chi connectivity index (χ0v) is 13.9. The fraction of sp³-hybridized carbons (Fsp3) is 0.875. The van der Waals surface area contributed by atoms with E-state index in [1.54, 1.807) is 13.8 Å². The second kappa shape index (κ2) is 5.59. The fourth-order valence-electron chi connectivity index (χ4n) is 3.33. The molecule has 0 saturated carbocycles. The molecule has 1 unspecified atom stereocenters. The average molecular weight is 296 g/mol. The van der Waals surface area contributed by atoms with Crippen LogP contribution in [0.1, 0.15) is 47.5 Å². The van der Waals surface area contributed by atoms with Crippen molar-refractivity contribution in [2.24, 2.45) is 11.3 Å². The van der Waals surface area contributed by atoms with Gasteiger partial charge in [0.25, 0.3) is 0 Å². The number of ether oxygens (including phenoxy) is 1. The molecule has 0 aromatic rings. The molecule has 1 N–H and O–H groups in total. The highest BCUT2D eigenvalue weighted by Gasteiger charge is 2.48. The van der Waals surface area contributed by atoms with Crippen LogP contribution in [0.15, 0.2) is 0 Å². The maximum Gasteiger partial charge on any atom is 0.248 e. The lowest BCUT2D eigenvalue weighted by Gasteiger charge is -2.48. The molecule has 1 atom stereocenters. The van der Waals surface area contributed by atoms with Crippen LogP contribution < -0.4 is 5.32 Å². The molecule has 2 heterocycles. The van der Waals surface area contributed by atoms with Crippen LogP contribution in [0.2, 0.25) is 0 Å². The number of carbonyl (C=O) groups excluding carboxylic acids is 2. The van der Waals surface area contributed by atoms with E-state index in [1.807, 2.05) is 18.7 Å². The third-order valence-corrected chi connectivity index (χ3v) is 4.72. The molecule has 0 radical (unpaired) electrons. The number of nitrogens with one attached hydrogen (secondary N) is 1. The molecule has 0 aromatic heterocycles. The quantitative estimate of drug-likeness (QED) is 0.860. The van der Waals surface area contributed by atoms with E-state index in [9.17, 15) is 9.59 Å². The number of amides is 2. The Labute approximate surface area is 127 Å². The van der Waals surface area contributed by atoms with E-state index in [0.717, 1.165) is 26.1 Å². The van der Waals surface area contributed by atoms with Crippen LogP contribution in [-0.2, 0) is 14.3 Å². The summed E-state index contributed by atoms with van der Waals surface area (Å²) in [7, 11) is 0. The Hall–Kier alpha value is -1.10. The van der Waals surface area contributed by atoms with Gasteiger partial charge >= 0.3 is 0 Å². The van der Waals surface area contributed by atoms with Gasteiger partial charge in [-0.3, -0.25) is 9.59 Å². The van der Waals surface area contributed by atoms with Crippen LogP contribution in [-0.4, -0.2) is 48.1 Å². The van der Waals surface area contributed by atoms with Gasteiger partial charge in [-0.25, -0.2) is 0 Å². The van der Waals surface area contributed by atoms with Crippen molar-refractivity contribution in [3.8, 4) is 0 Å². The van der Waals surface area contributed by atoms with Gasteiger partial charge in [0.15, 0.2) is 0 Å². The first-order valence-corrected chi connectivity index (χ1v) is 7.87. The van der Waals surface area contributed by atoms with Gasteiger partial charge in [0.1, 0.15) is 11.6 Å². The van der Waals surface area contributed by atoms with Gasteiger partial charge in [-0.2, -0.15) is 0 Å². The molecule has 120 valence electrons. The summed E-state index contributed by atoms with van der Waals surface area (Å²) >= 11 is 0. The van der Waals surface area contributed by atoms with E-state index in [-0.39, 0.29) is 29.2 Å². The van der Waals surface area contributed by atoms with Crippen molar-refractivity contribution < 1.29 is 14.3 Å². The third-order valence-electron chi connectivity index (χ3n) is 4.72. The topological polar surface area (TPSA) is 58.6 Å². The monoisotopic (exact) mass is 296 g/mol. The highest BCUT2D eigenvalue weighted by molar-refractivity contribution is 5.99. The Morgan fingerprint density at radius 1 is 1.24 bits per heavy atom. The van der Waals surface area contributed by atoms with Gasteiger partial charge in [0.05, 0.1) is 0 Å². The maximum atomic E-state index is 12.8. The minimum Gasteiger partial charge on any atom is -0.381 e. The van der Waals surface area contributed by atoms with Gasteiger partial charge in [-0.15, -0.1) is 0 Å². The highest BCUT2D eigenvalue weighted by atomic mass is 16.5. The third kappa shape index (κ3) is 3.23. The van der Waals surface area contributed by atoms with Crippen molar-refractivity contribution in [2.75, 3.05) is 19.8 Å². The second-order valence-electron chi connectivity index (χ2n) is 7.66. The predicted octanol–water partition coefficient (Wildman–Crippen LogP) is 1.56. The number of piperazine rings is 1. The standard InChI is InChI=1S/C16H28N2O3/c1-11(2)12-13(19)17-15(3,4)14(20)18(12)10-16(5)6-8-21-9-7-16/h11-12H,6-10H2,1-5H3,(H,17,19). The molecule has 2 rings (SSSR count). The summed E-state index contributed by atoms with van der Waals surface area (Å²) in [6, 6.07) is -0.370. The lowest BCUT2D eigenvalue weighted by molar-refractivity contribution is -0.158. The number of rotatable bonds is 3. The van der Waals surface area contributed by atoms with Crippen LogP contribution >= 0.6 is 0 Å². The maximum absolute atomic E-state index is 12.8. The molecule has 0 aromatic carbocycles. The van der Waals surface area contributed by atoms with Gasteiger partial charge in [0.2, 0.25) is 11.8 Å². The summed E-state index contributed by atoms with van der Waals surface area (Å²) < 4.78 is 5.43. The number of carbonyl (C=O) groups is 2. The van der Waals surface area contributed by atoms with Gasteiger partial charge in [0, 0.05) is 19.8 Å². The Balaban J connectivity index is 2.26. The van der Waals surface area contributed by atoms with Crippen LogP contribution in [0.3, 0.4) is 0 Å². The molecular weight excluding hydrogens is 268 g/mol. The van der Waals surface area contributed by atoms with E-state index >= 15 is 0 Å². The van der Waals surface area contributed by atoms with Crippen molar-refractivity contribution in [2.45, 2.75) is 59.0 Å². The Bertz CT molecular complexity index is 425. The molecule has 5 nitrogen and oxygen atoms in total. The first-order chi connectivity index (χ1) is 9.66. The van der Waals surface area contributed by atoms with Crippen LogP contribution in [0, 0.1) is 11.3 Å². The van der Waals surface area contributed by atoms with E-state index in [0.29, 0.717) is 6.54 Å². The first-order valence-electron chi connectivity index (χ1n) is 7.87. The first kappa shape index (κ1) is 16.3. The summed E-state index contributed by atoms with van der Waals surface area (Å²) in [5.41, 5.74) is -0.779. The average Bonchev–Trinajstić information content (AvgIpc) is 2.35. The summed E-state index contributed by atoms with van der Waals surface area (Å²) in [5, 5.41) is 2.86. The van der Waals surface area contributed by atoms with Crippen LogP contribution in [0.4, 0.5) is 0 Å². The molecule has 2 fully saturated rings. The van der Waals surface area contributed by atoms with E-state index in [1.165, 1.54) is 0 Å².